The average Bonchev–Trinajstić information content (AvgIpc) is 3.29. The van der Waals surface area contributed by atoms with Gasteiger partial charge in [0.1, 0.15) is 5.75 Å². The molecule has 27 heavy (non-hydrogen) atoms. The summed E-state index contributed by atoms with van der Waals surface area (Å²) in [6.07, 6.45) is 4.13. The number of H-pyrrole nitrogens is 1. The molecular weight excluding hydrogens is 334 g/mol. The van der Waals surface area contributed by atoms with Crippen LogP contribution in [0, 0.1) is 0 Å². The first kappa shape index (κ1) is 16.0. The highest BCUT2D eigenvalue weighted by Gasteiger charge is 2.17. The van der Waals surface area contributed by atoms with Crippen LogP contribution in [0.3, 0.4) is 0 Å². The lowest BCUT2D eigenvalue weighted by molar-refractivity contribution is 0.476. The lowest BCUT2D eigenvalue weighted by atomic mass is 9.97. The van der Waals surface area contributed by atoms with E-state index in [1.807, 2.05) is 25.2 Å². The number of benzene rings is 3. The van der Waals surface area contributed by atoms with Crippen molar-refractivity contribution in [3.8, 4) is 16.9 Å². The molecule has 134 valence electrons. The first-order chi connectivity index (χ1) is 13.3. The Morgan fingerprint density at radius 3 is 2.56 bits per heavy atom. The number of hydrogen-bond donors (Lipinski definition) is 3. The van der Waals surface area contributed by atoms with Gasteiger partial charge in [-0.2, -0.15) is 0 Å². The van der Waals surface area contributed by atoms with Gasteiger partial charge in [-0.1, -0.05) is 30.3 Å². The topological polar surface area (TPSA) is 53.0 Å². The average molecular weight is 355 g/mol. The SMILES string of the molecule is CNCCn1c2ccc(O)cc2c2c3c[nH]cc3c(-c3ccccc3)cc21. The van der Waals surface area contributed by atoms with Gasteiger partial charge in [-0.05, 0) is 42.4 Å². The molecule has 0 aliphatic heterocycles. The van der Waals surface area contributed by atoms with Crippen molar-refractivity contribution >= 4 is 32.6 Å². The van der Waals surface area contributed by atoms with Crippen LogP contribution in [0.25, 0.3) is 43.7 Å². The molecule has 2 aromatic heterocycles. The van der Waals surface area contributed by atoms with Crippen LogP contribution in [0.15, 0.2) is 67.0 Å². The number of fused-ring (bicyclic) bond motifs is 5. The second kappa shape index (κ2) is 6.18. The van der Waals surface area contributed by atoms with Crippen LogP contribution in [0.4, 0.5) is 0 Å². The maximum absolute atomic E-state index is 10.1. The third kappa shape index (κ3) is 2.41. The Hall–Kier alpha value is -3.24. The van der Waals surface area contributed by atoms with Crippen LogP contribution < -0.4 is 5.32 Å². The maximum atomic E-state index is 10.1. The van der Waals surface area contributed by atoms with Crippen LogP contribution in [0.1, 0.15) is 0 Å². The first-order valence-corrected chi connectivity index (χ1v) is 9.22. The van der Waals surface area contributed by atoms with E-state index >= 15 is 0 Å². The molecule has 0 aliphatic carbocycles. The minimum Gasteiger partial charge on any atom is -0.508 e. The zero-order valence-electron chi connectivity index (χ0n) is 15.2. The smallest absolute Gasteiger partial charge is 0.116 e. The van der Waals surface area contributed by atoms with Gasteiger partial charge in [-0.15, -0.1) is 0 Å². The van der Waals surface area contributed by atoms with Crippen molar-refractivity contribution in [2.45, 2.75) is 6.54 Å². The number of aromatic nitrogens is 2. The summed E-state index contributed by atoms with van der Waals surface area (Å²) in [5.74, 6) is 0.297. The number of likely N-dealkylation sites (N-methyl/N-ethyl adjacent to an activating group) is 1. The Balaban J connectivity index is 1.95. The second-order valence-electron chi connectivity index (χ2n) is 6.92. The molecule has 0 atom stereocenters. The third-order valence-corrected chi connectivity index (χ3v) is 5.34. The Labute approximate surface area is 157 Å². The monoisotopic (exact) mass is 355 g/mol. The summed E-state index contributed by atoms with van der Waals surface area (Å²) in [5, 5.41) is 18.0. The van der Waals surface area contributed by atoms with Crippen LogP contribution in [-0.2, 0) is 6.54 Å². The van der Waals surface area contributed by atoms with E-state index in [9.17, 15) is 5.11 Å². The molecule has 3 N–H and O–H groups in total. The maximum Gasteiger partial charge on any atom is 0.116 e. The summed E-state index contributed by atoms with van der Waals surface area (Å²) < 4.78 is 2.35. The molecule has 5 aromatic rings. The molecular formula is C23H21N3O. The summed E-state index contributed by atoms with van der Waals surface area (Å²) >= 11 is 0. The number of rotatable bonds is 4. The van der Waals surface area contributed by atoms with Gasteiger partial charge in [0.25, 0.3) is 0 Å². The quantitative estimate of drug-likeness (QED) is 0.431. The molecule has 0 amide bonds. The normalized spacial score (nSPS) is 11.7. The number of aromatic amines is 1. The van der Waals surface area contributed by atoms with Crippen molar-refractivity contribution in [1.29, 1.82) is 0 Å². The third-order valence-electron chi connectivity index (χ3n) is 5.34. The van der Waals surface area contributed by atoms with E-state index in [0.29, 0.717) is 5.75 Å². The fourth-order valence-corrected chi connectivity index (χ4v) is 4.12. The molecule has 0 spiro atoms. The van der Waals surface area contributed by atoms with Crippen LogP contribution >= 0.6 is 0 Å². The van der Waals surface area contributed by atoms with Gasteiger partial charge in [0, 0.05) is 52.5 Å². The van der Waals surface area contributed by atoms with E-state index in [0.717, 1.165) is 24.0 Å². The summed E-state index contributed by atoms with van der Waals surface area (Å²) in [6, 6.07) is 18.4. The highest BCUT2D eigenvalue weighted by molar-refractivity contribution is 6.23. The molecule has 4 heteroatoms. The molecule has 0 radical (unpaired) electrons. The van der Waals surface area contributed by atoms with Gasteiger partial charge >= 0.3 is 0 Å². The first-order valence-electron chi connectivity index (χ1n) is 9.22. The minimum atomic E-state index is 0.297. The number of hydrogen-bond acceptors (Lipinski definition) is 2. The van der Waals surface area contributed by atoms with Crippen molar-refractivity contribution < 1.29 is 5.11 Å². The van der Waals surface area contributed by atoms with E-state index in [1.165, 1.54) is 32.8 Å². The molecule has 4 nitrogen and oxygen atoms in total. The molecule has 5 rings (SSSR count). The predicted octanol–water partition coefficient (Wildman–Crippen LogP) is 4.87. The van der Waals surface area contributed by atoms with Gasteiger partial charge in [-0.3, -0.25) is 0 Å². The molecule has 0 bridgehead atoms. The summed E-state index contributed by atoms with van der Waals surface area (Å²) in [6.45, 7) is 1.75. The molecule has 0 saturated carbocycles. The van der Waals surface area contributed by atoms with Crippen molar-refractivity contribution in [3.05, 3.63) is 67.0 Å². The van der Waals surface area contributed by atoms with Crippen molar-refractivity contribution in [3.63, 3.8) is 0 Å². The highest BCUT2D eigenvalue weighted by Crippen LogP contribution is 2.40. The molecule has 0 fully saturated rings. The van der Waals surface area contributed by atoms with Gasteiger partial charge in [0.05, 0.1) is 5.52 Å². The Morgan fingerprint density at radius 1 is 0.926 bits per heavy atom. The number of phenolic OH excluding ortho intramolecular Hbond substituents is 1. The lowest BCUT2D eigenvalue weighted by Crippen LogP contribution is -2.14. The predicted molar refractivity (Wildman–Crippen MR) is 112 cm³/mol. The second-order valence-corrected chi connectivity index (χ2v) is 6.92. The van der Waals surface area contributed by atoms with Crippen molar-refractivity contribution in [2.24, 2.45) is 0 Å². The van der Waals surface area contributed by atoms with Gasteiger partial charge in [0.2, 0.25) is 0 Å². The van der Waals surface area contributed by atoms with Crippen molar-refractivity contribution in [2.75, 3.05) is 13.6 Å². The highest BCUT2D eigenvalue weighted by atomic mass is 16.3. The summed E-state index contributed by atoms with van der Waals surface area (Å²) in [7, 11) is 1.97. The largest absolute Gasteiger partial charge is 0.508 e. The molecule has 0 unspecified atom stereocenters. The zero-order valence-corrected chi connectivity index (χ0v) is 15.2. The Bertz CT molecular complexity index is 1270. The Morgan fingerprint density at radius 2 is 1.74 bits per heavy atom. The van der Waals surface area contributed by atoms with Gasteiger partial charge < -0.3 is 20.0 Å². The van der Waals surface area contributed by atoms with Gasteiger partial charge in [-0.25, -0.2) is 0 Å². The molecule has 3 aromatic carbocycles. The van der Waals surface area contributed by atoms with Gasteiger partial charge in [0.15, 0.2) is 0 Å². The lowest BCUT2D eigenvalue weighted by Gasteiger charge is -2.10. The van der Waals surface area contributed by atoms with E-state index in [4.69, 9.17) is 0 Å². The van der Waals surface area contributed by atoms with Crippen molar-refractivity contribution in [1.82, 2.24) is 14.9 Å². The van der Waals surface area contributed by atoms with E-state index in [2.05, 4.69) is 57.6 Å². The van der Waals surface area contributed by atoms with Crippen LogP contribution in [0.2, 0.25) is 0 Å². The van der Waals surface area contributed by atoms with E-state index in [-0.39, 0.29) is 0 Å². The number of nitrogens with zero attached hydrogens (tertiary/aromatic N) is 1. The molecule has 0 aliphatic rings. The van der Waals surface area contributed by atoms with Crippen LogP contribution in [0.5, 0.6) is 5.75 Å². The number of phenols is 1. The van der Waals surface area contributed by atoms with E-state index in [1.54, 1.807) is 6.07 Å². The number of aromatic hydroxyl groups is 1. The summed E-state index contributed by atoms with van der Waals surface area (Å²) in [5.41, 5.74) is 4.76. The fraction of sp³-hybridized carbons (Fsp3) is 0.130. The minimum absolute atomic E-state index is 0.297. The molecule has 2 heterocycles. The summed E-state index contributed by atoms with van der Waals surface area (Å²) in [4.78, 5) is 3.29. The standard InChI is InChI=1S/C23H21N3O/c1-24-9-10-26-21-8-7-16(27)11-18(21)23-20-14-25-13-19(20)17(12-22(23)26)15-5-3-2-4-6-15/h2-8,11-14,24-25,27H,9-10H2,1H3. The van der Waals surface area contributed by atoms with E-state index < -0.39 is 0 Å². The number of nitrogens with one attached hydrogen (secondary N) is 2. The fourth-order valence-electron chi connectivity index (χ4n) is 4.12. The molecule has 0 saturated heterocycles. The zero-order chi connectivity index (χ0) is 18.4. The Kier molecular flexibility index (Phi) is 3.66. The van der Waals surface area contributed by atoms with Crippen LogP contribution in [-0.4, -0.2) is 28.3 Å².